The first-order chi connectivity index (χ1) is 15.5. The molecule has 8 nitrogen and oxygen atoms in total. The number of halogens is 1. The van der Waals surface area contributed by atoms with Crippen molar-refractivity contribution in [3.8, 4) is 28.3 Å². The summed E-state index contributed by atoms with van der Waals surface area (Å²) in [5, 5.41) is 17.0. The Balaban J connectivity index is 0.00000306. The van der Waals surface area contributed by atoms with Gasteiger partial charge in [-0.3, -0.25) is 9.78 Å². The number of ether oxygens (including phenoxy) is 1. The molecule has 0 bridgehead atoms. The van der Waals surface area contributed by atoms with Gasteiger partial charge in [0.15, 0.2) is 5.82 Å². The predicted molar refractivity (Wildman–Crippen MR) is 128 cm³/mol. The number of H-pyrrole nitrogens is 1. The Kier molecular flexibility index (Phi) is 7.74. The van der Waals surface area contributed by atoms with Gasteiger partial charge in [-0.2, -0.15) is 0 Å². The summed E-state index contributed by atoms with van der Waals surface area (Å²) in [6.07, 6.45) is 0. The largest absolute Gasteiger partial charge is 0.488 e. The number of nitrogens with zero attached hydrogens (tertiary/aromatic N) is 4. The highest BCUT2D eigenvalue weighted by Gasteiger charge is 2.12. The fourth-order valence-electron chi connectivity index (χ4n) is 3.53. The smallest absolute Gasteiger partial charge is 0.217 e. The van der Waals surface area contributed by atoms with Crippen LogP contribution in [0.4, 0.5) is 0 Å². The third-order valence-corrected chi connectivity index (χ3v) is 5.12. The monoisotopic (exact) mass is 464 g/mol. The molecular weight excluding hydrogens is 440 g/mol. The van der Waals surface area contributed by atoms with Crippen LogP contribution in [0.3, 0.4) is 0 Å². The molecule has 0 saturated heterocycles. The molecule has 2 heterocycles. The summed E-state index contributed by atoms with van der Waals surface area (Å²) in [6.45, 7) is 6.14. The fourth-order valence-corrected chi connectivity index (χ4v) is 3.53. The van der Waals surface area contributed by atoms with Crippen LogP contribution in [0.5, 0.6) is 5.75 Å². The first-order valence-corrected chi connectivity index (χ1v) is 10.3. The number of benzene rings is 2. The standard InChI is InChI=1S/C24H24N6O2.ClH/c1-15-12-23(22(16(2)26-15)13-25-17(3)31)32-14-18-8-10-19(11-9-18)20-6-4-5-7-21(20)24-27-29-30-28-24;/h4-12H,13-14H2,1-3H3,(H,25,31)(H,27,28,29,30);1H. The maximum absolute atomic E-state index is 11.3. The van der Waals surface area contributed by atoms with Gasteiger partial charge >= 0.3 is 0 Å². The SMILES string of the molecule is CC(=O)NCc1c(OCc2ccc(-c3ccccc3-c3nnn[nH]3)cc2)cc(C)nc1C.Cl. The number of aromatic amines is 1. The third kappa shape index (κ3) is 5.72. The lowest BCUT2D eigenvalue weighted by atomic mass is 9.98. The van der Waals surface area contributed by atoms with Crippen LogP contribution in [-0.4, -0.2) is 31.5 Å². The van der Waals surface area contributed by atoms with Gasteiger partial charge in [-0.05, 0) is 41.0 Å². The minimum Gasteiger partial charge on any atom is -0.488 e. The number of hydrogen-bond donors (Lipinski definition) is 2. The van der Waals surface area contributed by atoms with Gasteiger partial charge in [0.1, 0.15) is 12.4 Å². The van der Waals surface area contributed by atoms with Crippen molar-refractivity contribution in [2.24, 2.45) is 0 Å². The zero-order chi connectivity index (χ0) is 22.5. The lowest BCUT2D eigenvalue weighted by Crippen LogP contribution is -2.20. The Labute approximate surface area is 198 Å². The van der Waals surface area contributed by atoms with Crippen molar-refractivity contribution < 1.29 is 9.53 Å². The fraction of sp³-hybridized carbons (Fsp3) is 0.208. The molecule has 0 aliphatic carbocycles. The number of tetrazole rings is 1. The highest BCUT2D eigenvalue weighted by molar-refractivity contribution is 5.85. The van der Waals surface area contributed by atoms with Gasteiger partial charge in [0.25, 0.3) is 0 Å². The Bertz CT molecular complexity index is 1230. The molecule has 4 rings (SSSR count). The molecule has 0 atom stereocenters. The second-order valence-electron chi connectivity index (χ2n) is 7.52. The van der Waals surface area contributed by atoms with Gasteiger partial charge in [0, 0.05) is 42.0 Å². The average molecular weight is 465 g/mol. The van der Waals surface area contributed by atoms with E-state index in [1.54, 1.807) is 0 Å². The number of aryl methyl sites for hydroxylation is 2. The number of amides is 1. The van der Waals surface area contributed by atoms with Gasteiger partial charge in [0.2, 0.25) is 5.91 Å². The van der Waals surface area contributed by atoms with Crippen molar-refractivity contribution in [1.29, 1.82) is 0 Å². The number of carbonyl (C=O) groups is 1. The summed E-state index contributed by atoms with van der Waals surface area (Å²) in [5.74, 6) is 1.27. The van der Waals surface area contributed by atoms with Gasteiger partial charge in [-0.15, -0.1) is 17.5 Å². The van der Waals surface area contributed by atoms with Crippen LogP contribution in [-0.2, 0) is 17.9 Å². The van der Waals surface area contributed by atoms with Crippen LogP contribution < -0.4 is 10.1 Å². The Hall–Kier alpha value is -3.78. The Morgan fingerprint density at radius 3 is 2.45 bits per heavy atom. The molecule has 0 unspecified atom stereocenters. The minimum absolute atomic E-state index is 0. The zero-order valence-corrected chi connectivity index (χ0v) is 19.4. The molecule has 0 radical (unpaired) electrons. The molecule has 0 saturated carbocycles. The topological polar surface area (TPSA) is 106 Å². The molecular formula is C24H25ClN6O2. The van der Waals surface area contributed by atoms with E-state index in [1.807, 2.05) is 56.3 Å². The Morgan fingerprint density at radius 1 is 1.06 bits per heavy atom. The summed E-state index contributed by atoms with van der Waals surface area (Å²) in [4.78, 5) is 15.8. The molecule has 170 valence electrons. The van der Waals surface area contributed by atoms with Crippen LogP contribution in [0.2, 0.25) is 0 Å². The number of pyridine rings is 1. The Morgan fingerprint density at radius 2 is 1.79 bits per heavy atom. The summed E-state index contributed by atoms with van der Waals surface area (Å²) in [6, 6.07) is 18.1. The molecule has 0 aliphatic rings. The second kappa shape index (κ2) is 10.7. The van der Waals surface area contributed by atoms with E-state index in [4.69, 9.17) is 4.74 Å². The average Bonchev–Trinajstić information content (AvgIpc) is 3.32. The number of rotatable bonds is 7. The zero-order valence-electron chi connectivity index (χ0n) is 18.6. The van der Waals surface area contributed by atoms with Crippen LogP contribution in [0, 0.1) is 13.8 Å². The van der Waals surface area contributed by atoms with E-state index in [2.05, 4.69) is 43.1 Å². The first kappa shape index (κ1) is 23.9. The number of carbonyl (C=O) groups excluding carboxylic acids is 1. The van der Waals surface area contributed by atoms with Crippen molar-refractivity contribution in [3.63, 3.8) is 0 Å². The highest BCUT2D eigenvalue weighted by atomic mass is 35.5. The molecule has 1 amide bonds. The number of nitrogens with one attached hydrogen (secondary N) is 2. The third-order valence-electron chi connectivity index (χ3n) is 5.12. The minimum atomic E-state index is -0.0899. The van der Waals surface area contributed by atoms with E-state index in [0.717, 1.165) is 45.0 Å². The van der Waals surface area contributed by atoms with E-state index in [0.29, 0.717) is 19.0 Å². The van der Waals surface area contributed by atoms with E-state index < -0.39 is 0 Å². The predicted octanol–water partition coefficient (Wildman–Crippen LogP) is 4.18. The van der Waals surface area contributed by atoms with Crippen molar-refractivity contribution in [2.75, 3.05) is 0 Å². The summed E-state index contributed by atoms with van der Waals surface area (Å²) < 4.78 is 6.12. The molecule has 0 aliphatic heterocycles. The summed E-state index contributed by atoms with van der Waals surface area (Å²) >= 11 is 0. The van der Waals surface area contributed by atoms with Crippen LogP contribution in [0.25, 0.3) is 22.5 Å². The molecule has 9 heteroatoms. The van der Waals surface area contributed by atoms with Gasteiger partial charge in [-0.1, -0.05) is 48.5 Å². The molecule has 2 N–H and O–H groups in total. The number of aromatic nitrogens is 5. The van der Waals surface area contributed by atoms with E-state index in [-0.39, 0.29) is 18.3 Å². The van der Waals surface area contributed by atoms with Crippen LogP contribution in [0.1, 0.15) is 29.4 Å². The quantitative estimate of drug-likeness (QED) is 0.425. The number of hydrogen-bond acceptors (Lipinski definition) is 6. The lowest BCUT2D eigenvalue weighted by Gasteiger charge is -2.15. The molecule has 2 aromatic carbocycles. The van der Waals surface area contributed by atoms with Crippen molar-refractivity contribution >= 4 is 18.3 Å². The lowest BCUT2D eigenvalue weighted by molar-refractivity contribution is -0.119. The van der Waals surface area contributed by atoms with Gasteiger partial charge in [0.05, 0.1) is 0 Å². The summed E-state index contributed by atoms with van der Waals surface area (Å²) in [7, 11) is 0. The molecule has 33 heavy (non-hydrogen) atoms. The molecule has 4 aromatic rings. The molecule has 2 aromatic heterocycles. The van der Waals surface area contributed by atoms with Gasteiger partial charge < -0.3 is 10.1 Å². The van der Waals surface area contributed by atoms with Crippen molar-refractivity contribution in [3.05, 3.63) is 77.1 Å². The van der Waals surface area contributed by atoms with E-state index in [1.165, 1.54) is 6.92 Å². The van der Waals surface area contributed by atoms with Crippen LogP contribution >= 0.6 is 12.4 Å². The molecule has 0 fully saturated rings. The van der Waals surface area contributed by atoms with Crippen molar-refractivity contribution in [2.45, 2.75) is 33.9 Å². The summed E-state index contributed by atoms with van der Waals surface area (Å²) in [5.41, 5.74) is 6.67. The maximum atomic E-state index is 11.3. The van der Waals surface area contributed by atoms with E-state index >= 15 is 0 Å². The molecule has 0 spiro atoms. The van der Waals surface area contributed by atoms with E-state index in [9.17, 15) is 4.79 Å². The normalized spacial score (nSPS) is 10.4. The van der Waals surface area contributed by atoms with Gasteiger partial charge in [-0.25, -0.2) is 5.10 Å². The maximum Gasteiger partial charge on any atom is 0.217 e. The second-order valence-corrected chi connectivity index (χ2v) is 7.52. The highest BCUT2D eigenvalue weighted by Crippen LogP contribution is 2.30. The first-order valence-electron chi connectivity index (χ1n) is 10.3. The van der Waals surface area contributed by atoms with Crippen LogP contribution in [0.15, 0.2) is 54.6 Å². The van der Waals surface area contributed by atoms with Crippen molar-refractivity contribution in [1.82, 2.24) is 30.9 Å².